The van der Waals surface area contributed by atoms with E-state index in [1.165, 1.54) is 0 Å². The highest BCUT2D eigenvalue weighted by Crippen LogP contribution is 2.14. The Hall–Kier alpha value is -1.45. The maximum Gasteiger partial charge on any atom is 0.412 e. The Morgan fingerprint density at radius 1 is 1.47 bits per heavy atom. The predicted octanol–water partition coefficient (Wildman–Crippen LogP) is 2.68. The Bertz CT molecular complexity index is 342. The molecule has 0 saturated carbocycles. The van der Waals surface area contributed by atoms with E-state index in [0.29, 0.717) is 0 Å². The van der Waals surface area contributed by atoms with E-state index in [4.69, 9.17) is 4.74 Å². The average Bonchev–Trinajstić information content (AvgIpc) is 2.26. The van der Waals surface area contributed by atoms with Crippen molar-refractivity contribution < 1.29 is 9.53 Å². The van der Waals surface area contributed by atoms with E-state index in [0.717, 1.165) is 11.4 Å². The Morgan fingerprint density at radius 2 is 2.07 bits per heavy atom. The van der Waals surface area contributed by atoms with Crippen LogP contribution in [-0.4, -0.2) is 16.3 Å². The van der Waals surface area contributed by atoms with Gasteiger partial charge in [0.05, 0.1) is 5.69 Å². The Labute approximate surface area is 90.2 Å². The molecule has 0 aliphatic heterocycles. The number of amides is 1. The first-order chi connectivity index (χ1) is 6.78. The molecular weight excluding hydrogens is 192 g/mol. The Balaban J connectivity index is 2.59. The summed E-state index contributed by atoms with van der Waals surface area (Å²) >= 11 is 0. The second-order valence-electron chi connectivity index (χ2n) is 4.61. The van der Waals surface area contributed by atoms with Crippen molar-refractivity contribution in [1.82, 2.24) is 4.57 Å². The van der Waals surface area contributed by atoms with E-state index in [2.05, 4.69) is 5.32 Å². The summed E-state index contributed by atoms with van der Waals surface area (Å²) in [5, 5.41) is 2.68. The van der Waals surface area contributed by atoms with Crippen LogP contribution in [0.1, 0.15) is 26.5 Å². The molecule has 1 heterocycles. The topological polar surface area (TPSA) is 43.3 Å². The van der Waals surface area contributed by atoms with Crippen molar-refractivity contribution >= 4 is 11.8 Å². The molecule has 0 spiro atoms. The van der Waals surface area contributed by atoms with Crippen LogP contribution in [0.15, 0.2) is 12.3 Å². The van der Waals surface area contributed by atoms with Gasteiger partial charge in [-0.15, -0.1) is 0 Å². The minimum atomic E-state index is -0.464. The summed E-state index contributed by atoms with van der Waals surface area (Å²) in [5.41, 5.74) is 1.37. The fraction of sp³-hybridized carbons (Fsp3) is 0.545. The van der Waals surface area contributed by atoms with E-state index in [9.17, 15) is 4.79 Å². The van der Waals surface area contributed by atoms with Crippen molar-refractivity contribution in [3.05, 3.63) is 18.0 Å². The van der Waals surface area contributed by atoms with Crippen LogP contribution in [0.3, 0.4) is 0 Å². The molecule has 0 aliphatic rings. The van der Waals surface area contributed by atoms with Gasteiger partial charge in [-0.3, -0.25) is 5.32 Å². The van der Waals surface area contributed by atoms with Crippen molar-refractivity contribution in [2.75, 3.05) is 5.32 Å². The molecule has 0 saturated heterocycles. The lowest BCUT2D eigenvalue weighted by Gasteiger charge is -2.19. The lowest BCUT2D eigenvalue weighted by Crippen LogP contribution is -2.27. The first kappa shape index (κ1) is 11.6. The standard InChI is InChI=1S/C11H18N2O2/c1-8-6-9(7-13(8)5)12-10(14)15-11(2,3)4/h6-7H,1-5H3,(H,12,14). The maximum absolute atomic E-state index is 11.4. The first-order valence-electron chi connectivity index (χ1n) is 4.91. The van der Waals surface area contributed by atoms with E-state index >= 15 is 0 Å². The van der Waals surface area contributed by atoms with Gasteiger partial charge in [-0.1, -0.05) is 0 Å². The molecule has 0 aromatic carbocycles. The van der Waals surface area contributed by atoms with Crippen molar-refractivity contribution in [3.8, 4) is 0 Å². The van der Waals surface area contributed by atoms with Gasteiger partial charge in [0.15, 0.2) is 0 Å². The fourth-order valence-corrected chi connectivity index (χ4v) is 1.16. The number of nitrogens with zero attached hydrogens (tertiary/aromatic N) is 1. The molecule has 0 aliphatic carbocycles. The number of ether oxygens (including phenoxy) is 1. The molecule has 4 heteroatoms. The normalized spacial score (nSPS) is 11.3. The minimum Gasteiger partial charge on any atom is -0.444 e. The van der Waals surface area contributed by atoms with Gasteiger partial charge in [0.1, 0.15) is 5.60 Å². The van der Waals surface area contributed by atoms with Crippen molar-refractivity contribution in [2.24, 2.45) is 7.05 Å². The summed E-state index contributed by atoms with van der Waals surface area (Å²) in [4.78, 5) is 11.4. The summed E-state index contributed by atoms with van der Waals surface area (Å²) in [5.74, 6) is 0. The van der Waals surface area contributed by atoms with Gasteiger partial charge in [-0.25, -0.2) is 4.79 Å². The maximum atomic E-state index is 11.4. The molecule has 1 rings (SSSR count). The zero-order valence-corrected chi connectivity index (χ0v) is 9.92. The number of aromatic nitrogens is 1. The van der Waals surface area contributed by atoms with E-state index in [1.54, 1.807) is 0 Å². The second kappa shape index (κ2) is 3.96. The smallest absolute Gasteiger partial charge is 0.412 e. The molecule has 0 radical (unpaired) electrons. The highest BCUT2D eigenvalue weighted by Gasteiger charge is 2.16. The fourth-order valence-electron chi connectivity index (χ4n) is 1.16. The molecule has 0 unspecified atom stereocenters. The van der Waals surface area contributed by atoms with Gasteiger partial charge < -0.3 is 9.30 Å². The van der Waals surface area contributed by atoms with Gasteiger partial charge in [0, 0.05) is 18.9 Å². The SMILES string of the molecule is Cc1cc(NC(=O)OC(C)(C)C)cn1C. The largest absolute Gasteiger partial charge is 0.444 e. The van der Waals surface area contributed by atoms with Crippen molar-refractivity contribution in [1.29, 1.82) is 0 Å². The summed E-state index contributed by atoms with van der Waals surface area (Å²) < 4.78 is 7.07. The van der Waals surface area contributed by atoms with Crippen LogP contribution in [0.4, 0.5) is 10.5 Å². The number of hydrogen-bond acceptors (Lipinski definition) is 2. The Kier molecular flexibility index (Phi) is 3.07. The van der Waals surface area contributed by atoms with E-state index in [1.807, 2.05) is 51.6 Å². The third-order valence-electron chi connectivity index (χ3n) is 1.90. The van der Waals surface area contributed by atoms with Gasteiger partial charge in [-0.2, -0.15) is 0 Å². The minimum absolute atomic E-state index is 0.423. The van der Waals surface area contributed by atoms with Crippen LogP contribution in [0, 0.1) is 6.92 Å². The lowest BCUT2D eigenvalue weighted by atomic mass is 10.2. The Morgan fingerprint density at radius 3 is 2.47 bits per heavy atom. The quantitative estimate of drug-likeness (QED) is 0.774. The molecule has 1 N–H and O–H groups in total. The first-order valence-corrected chi connectivity index (χ1v) is 4.91. The van der Waals surface area contributed by atoms with E-state index in [-0.39, 0.29) is 0 Å². The van der Waals surface area contributed by atoms with Crippen LogP contribution in [0.5, 0.6) is 0 Å². The monoisotopic (exact) mass is 210 g/mol. The van der Waals surface area contributed by atoms with Gasteiger partial charge >= 0.3 is 6.09 Å². The van der Waals surface area contributed by atoms with Gasteiger partial charge in [-0.05, 0) is 33.8 Å². The molecule has 0 fully saturated rings. The number of carbonyl (C=O) groups excluding carboxylic acids is 1. The van der Waals surface area contributed by atoms with Gasteiger partial charge in [0.25, 0.3) is 0 Å². The summed E-state index contributed by atoms with van der Waals surface area (Å²) in [7, 11) is 1.93. The number of nitrogens with one attached hydrogen (secondary N) is 1. The number of carbonyl (C=O) groups is 1. The predicted molar refractivity (Wildman–Crippen MR) is 60.0 cm³/mol. The summed E-state index contributed by atoms with van der Waals surface area (Å²) in [6.07, 6.45) is 1.42. The molecule has 1 amide bonds. The molecule has 1 aromatic rings. The third-order valence-corrected chi connectivity index (χ3v) is 1.90. The highest BCUT2D eigenvalue weighted by atomic mass is 16.6. The molecular formula is C11H18N2O2. The zero-order valence-electron chi connectivity index (χ0n) is 9.92. The average molecular weight is 210 g/mol. The third kappa shape index (κ3) is 3.65. The number of hydrogen-bond donors (Lipinski definition) is 1. The molecule has 0 bridgehead atoms. The van der Waals surface area contributed by atoms with Crippen LogP contribution in [-0.2, 0) is 11.8 Å². The lowest BCUT2D eigenvalue weighted by molar-refractivity contribution is 0.0636. The summed E-state index contributed by atoms with van der Waals surface area (Å²) in [6.45, 7) is 7.48. The second-order valence-corrected chi connectivity index (χ2v) is 4.61. The van der Waals surface area contributed by atoms with Crippen LogP contribution >= 0.6 is 0 Å². The molecule has 84 valence electrons. The molecule has 4 nitrogen and oxygen atoms in total. The molecule has 1 aromatic heterocycles. The number of anilines is 1. The van der Waals surface area contributed by atoms with E-state index < -0.39 is 11.7 Å². The molecule has 15 heavy (non-hydrogen) atoms. The summed E-state index contributed by atoms with van der Waals surface area (Å²) in [6, 6.07) is 1.89. The highest BCUT2D eigenvalue weighted by molar-refractivity contribution is 5.84. The zero-order chi connectivity index (χ0) is 11.6. The van der Waals surface area contributed by atoms with Crippen LogP contribution < -0.4 is 5.32 Å². The number of rotatable bonds is 1. The number of aryl methyl sites for hydroxylation is 2. The van der Waals surface area contributed by atoms with Crippen molar-refractivity contribution in [3.63, 3.8) is 0 Å². The van der Waals surface area contributed by atoms with Crippen LogP contribution in [0.25, 0.3) is 0 Å². The van der Waals surface area contributed by atoms with Crippen LogP contribution in [0.2, 0.25) is 0 Å². The van der Waals surface area contributed by atoms with Crippen molar-refractivity contribution in [2.45, 2.75) is 33.3 Å². The van der Waals surface area contributed by atoms with Gasteiger partial charge in [0.2, 0.25) is 0 Å². The molecule has 0 atom stereocenters.